The fourth-order valence-corrected chi connectivity index (χ4v) is 2.97. The molecule has 130 valence electrons. The number of benzene rings is 2. The molecule has 0 aliphatic carbocycles. The second-order valence-electron chi connectivity index (χ2n) is 6.19. The third-order valence-corrected chi connectivity index (χ3v) is 4.19. The number of hydrogen-bond acceptors (Lipinski definition) is 3. The minimum Gasteiger partial charge on any atom is -0.505 e. The van der Waals surface area contributed by atoms with Crippen molar-refractivity contribution in [3.8, 4) is 5.75 Å². The molecule has 0 bridgehead atoms. The topological polar surface area (TPSA) is 69.6 Å². The lowest BCUT2D eigenvalue weighted by molar-refractivity contribution is -0.139. The van der Waals surface area contributed by atoms with Gasteiger partial charge in [-0.3, -0.25) is 9.59 Å². The Morgan fingerprint density at radius 2 is 1.96 bits per heavy atom. The molecule has 1 atom stereocenters. The summed E-state index contributed by atoms with van der Waals surface area (Å²) in [5.74, 6) is -1.64. The van der Waals surface area contributed by atoms with E-state index in [2.05, 4.69) is 5.32 Å². The van der Waals surface area contributed by atoms with Gasteiger partial charge in [0.1, 0.15) is 0 Å². The molecule has 5 nitrogen and oxygen atoms in total. The molecular formula is C19H19FN2O3. The summed E-state index contributed by atoms with van der Waals surface area (Å²) >= 11 is 0. The Hall–Kier alpha value is -2.89. The van der Waals surface area contributed by atoms with Crippen molar-refractivity contribution in [2.24, 2.45) is 0 Å². The van der Waals surface area contributed by atoms with E-state index in [9.17, 15) is 19.1 Å². The first-order valence-electron chi connectivity index (χ1n) is 8.10. The summed E-state index contributed by atoms with van der Waals surface area (Å²) in [4.78, 5) is 25.9. The standard InChI is InChI=1S/C19H19FN2O3/c20-16-9-14(6-7-17(16)23)10-19(25)22-11-15(21-18(24)12-22)8-13-4-2-1-3-5-13/h1-7,9,15,23H,8,10-12H2,(H,21,24)/t15-/m0/s1. The molecule has 2 N–H and O–H groups in total. The number of hydrogen-bond donors (Lipinski definition) is 2. The van der Waals surface area contributed by atoms with Gasteiger partial charge < -0.3 is 15.3 Å². The van der Waals surface area contributed by atoms with E-state index in [4.69, 9.17) is 0 Å². The summed E-state index contributed by atoms with van der Waals surface area (Å²) in [7, 11) is 0. The van der Waals surface area contributed by atoms with Gasteiger partial charge in [0.05, 0.1) is 19.0 Å². The second-order valence-corrected chi connectivity index (χ2v) is 6.19. The molecule has 3 rings (SSSR count). The Balaban J connectivity index is 1.65. The smallest absolute Gasteiger partial charge is 0.239 e. The molecule has 0 spiro atoms. The van der Waals surface area contributed by atoms with E-state index in [1.807, 2.05) is 30.3 Å². The van der Waals surface area contributed by atoms with Crippen LogP contribution in [-0.2, 0) is 22.4 Å². The first-order valence-corrected chi connectivity index (χ1v) is 8.10. The van der Waals surface area contributed by atoms with Gasteiger partial charge >= 0.3 is 0 Å². The Bertz CT molecular complexity index is 779. The molecule has 6 heteroatoms. The lowest BCUT2D eigenvalue weighted by Crippen LogP contribution is -2.56. The maximum absolute atomic E-state index is 13.4. The van der Waals surface area contributed by atoms with E-state index >= 15 is 0 Å². The number of nitrogens with one attached hydrogen (secondary N) is 1. The van der Waals surface area contributed by atoms with Gasteiger partial charge in [-0.05, 0) is 29.7 Å². The van der Waals surface area contributed by atoms with E-state index in [1.54, 1.807) is 0 Å². The average molecular weight is 342 g/mol. The largest absolute Gasteiger partial charge is 0.505 e. The van der Waals surface area contributed by atoms with Crippen LogP contribution < -0.4 is 5.32 Å². The second kappa shape index (κ2) is 7.34. The number of phenolic OH excluding ortho intramolecular Hbond substituents is 1. The Labute approximate surface area is 145 Å². The fraction of sp³-hybridized carbons (Fsp3) is 0.263. The summed E-state index contributed by atoms with van der Waals surface area (Å²) in [5.41, 5.74) is 1.55. The number of amides is 2. The fourth-order valence-electron chi connectivity index (χ4n) is 2.97. The molecule has 1 fully saturated rings. The maximum Gasteiger partial charge on any atom is 0.239 e. The zero-order valence-electron chi connectivity index (χ0n) is 13.6. The van der Waals surface area contributed by atoms with Crippen LogP contribution in [0.2, 0.25) is 0 Å². The number of aromatic hydroxyl groups is 1. The quantitative estimate of drug-likeness (QED) is 0.888. The molecule has 2 aromatic rings. The number of phenols is 1. The maximum atomic E-state index is 13.4. The summed E-state index contributed by atoms with van der Waals surface area (Å²) < 4.78 is 13.4. The van der Waals surface area contributed by atoms with Crippen LogP contribution in [0.4, 0.5) is 4.39 Å². The normalized spacial score (nSPS) is 17.2. The highest BCUT2D eigenvalue weighted by atomic mass is 19.1. The summed E-state index contributed by atoms with van der Waals surface area (Å²) in [6.07, 6.45) is 0.632. The average Bonchev–Trinajstić information content (AvgIpc) is 2.58. The van der Waals surface area contributed by atoms with Crippen LogP contribution in [0, 0.1) is 5.82 Å². The van der Waals surface area contributed by atoms with E-state index in [-0.39, 0.29) is 30.8 Å². The number of carbonyl (C=O) groups excluding carboxylic acids is 2. The summed E-state index contributed by atoms with van der Waals surface area (Å²) in [6.45, 7) is 0.421. The van der Waals surface area contributed by atoms with Gasteiger partial charge in [0.25, 0.3) is 0 Å². The van der Waals surface area contributed by atoms with Crippen molar-refractivity contribution in [3.05, 3.63) is 65.5 Å². The molecule has 0 aromatic heterocycles. The number of carbonyl (C=O) groups is 2. The highest BCUT2D eigenvalue weighted by Crippen LogP contribution is 2.17. The Morgan fingerprint density at radius 3 is 2.68 bits per heavy atom. The first kappa shape index (κ1) is 17.0. The Kier molecular flexibility index (Phi) is 4.97. The minimum absolute atomic E-state index is 0.00465. The molecule has 0 saturated carbocycles. The Morgan fingerprint density at radius 1 is 1.20 bits per heavy atom. The molecule has 25 heavy (non-hydrogen) atoms. The van der Waals surface area contributed by atoms with Crippen molar-refractivity contribution < 1.29 is 19.1 Å². The number of rotatable bonds is 4. The highest BCUT2D eigenvalue weighted by Gasteiger charge is 2.28. The van der Waals surface area contributed by atoms with E-state index in [0.717, 1.165) is 11.6 Å². The van der Waals surface area contributed by atoms with E-state index in [1.165, 1.54) is 17.0 Å². The van der Waals surface area contributed by atoms with Crippen LogP contribution in [0.5, 0.6) is 5.75 Å². The van der Waals surface area contributed by atoms with Crippen LogP contribution >= 0.6 is 0 Å². The van der Waals surface area contributed by atoms with Gasteiger partial charge in [0, 0.05) is 6.54 Å². The monoisotopic (exact) mass is 342 g/mol. The summed E-state index contributed by atoms with van der Waals surface area (Å²) in [5, 5.41) is 12.1. The van der Waals surface area contributed by atoms with Crippen molar-refractivity contribution in [1.82, 2.24) is 10.2 Å². The molecule has 1 saturated heterocycles. The molecule has 0 radical (unpaired) electrons. The van der Waals surface area contributed by atoms with Crippen LogP contribution in [-0.4, -0.2) is 41.0 Å². The third-order valence-electron chi connectivity index (χ3n) is 4.19. The van der Waals surface area contributed by atoms with Gasteiger partial charge in [-0.2, -0.15) is 0 Å². The highest BCUT2D eigenvalue weighted by molar-refractivity contribution is 5.87. The van der Waals surface area contributed by atoms with Crippen LogP contribution in [0.25, 0.3) is 0 Å². The van der Waals surface area contributed by atoms with Crippen molar-refractivity contribution in [1.29, 1.82) is 0 Å². The van der Waals surface area contributed by atoms with Gasteiger partial charge in [0.15, 0.2) is 11.6 Å². The predicted molar refractivity (Wildman–Crippen MR) is 90.4 cm³/mol. The van der Waals surface area contributed by atoms with Crippen LogP contribution in [0.1, 0.15) is 11.1 Å². The minimum atomic E-state index is -0.761. The van der Waals surface area contributed by atoms with Crippen molar-refractivity contribution in [2.75, 3.05) is 13.1 Å². The van der Waals surface area contributed by atoms with Crippen LogP contribution in [0.3, 0.4) is 0 Å². The molecule has 2 amide bonds. The molecule has 1 heterocycles. The molecular weight excluding hydrogens is 323 g/mol. The zero-order valence-corrected chi connectivity index (χ0v) is 13.6. The SMILES string of the molecule is O=C1CN(C(=O)Cc2ccc(O)c(F)c2)C[C@H](Cc2ccccc2)N1. The lowest BCUT2D eigenvalue weighted by Gasteiger charge is -2.33. The molecule has 2 aromatic carbocycles. The van der Waals surface area contributed by atoms with E-state index < -0.39 is 11.6 Å². The van der Waals surface area contributed by atoms with Crippen molar-refractivity contribution in [3.63, 3.8) is 0 Å². The summed E-state index contributed by atoms with van der Waals surface area (Å²) in [6, 6.07) is 13.5. The molecule has 1 aliphatic heterocycles. The number of halogens is 1. The van der Waals surface area contributed by atoms with Crippen molar-refractivity contribution in [2.45, 2.75) is 18.9 Å². The van der Waals surface area contributed by atoms with Gasteiger partial charge in [-0.1, -0.05) is 36.4 Å². The molecule has 0 unspecified atom stereocenters. The van der Waals surface area contributed by atoms with Crippen LogP contribution in [0.15, 0.2) is 48.5 Å². The number of nitrogens with zero attached hydrogens (tertiary/aromatic N) is 1. The third kappa shape index (κ3) is 4.35. The van der Waals surface area contributed by atoms with Crippen molar-refractivity contribution >= 4 is 11.8 Å². The van der Waals surface area contributed by atoms with Gasteiger partial charge in [0.2, 0.25) is 11.8 Å². The van der Waals surface area contributed by atoms with E-state index in [0.29, 0.717) is 18.5 Å². The van der Waals surface area contributed by atoms with Gasteiger partial charge in [-0.25, -0.2) is 4.39 Å². The molecule has 1 aliphatic rings. The lowest BCUT2D eigenvalue weighted by atomic mass is 10.0. The first-order chi connectivity index (χ1) is 12.0. The zero-order chi connectivity index (χ0) is 17.8. The number of piperazine rings is 1. The predicted octanol–water partition coefficient (Wildman–Crippen LogP) is 1.64. The van der Waals surface area contributed by atoms with Gasteiger partial charge in [-0.15, -0.1) is 0 Å².